The number of thioether (sulfide) groups is 1. The topological polar surface area (TPSA) is 82.4 Å². The molecule has 1 N–H and O–H groups in total. The molecule has 2 heterocycles. The van der Waals surface area contributed by atoms with E-state index in [0.29, 0.717) is 34.0 Å². The molecule has 1 atom stereocenters. The van der Waals surface area contributed by atoms with E-state index in [4.69, 9.17) is 9.47 Å². The van der Waals surface area contributed by atoms with Crippen LogP contribution in [0, 0.1) is 0 Å². The maximum absolute atomic E-state index is 13.2. The molecule has 1 saturated heterocycles. The molecule has 7 nitrogen and oxygen atoms in total. The van der Waals surface area contributed by atoms with Gasteiger partial charge in [-0.25, -0.2) is 4.98 Å². The van der Waals surface area contributed by atoms with Gasteiger partial charge in [0.2, 0.25) is 5.91 Å². The lowest BCUT2D eigenvalue weighted by atomic mass is 10.2. The highest BCUT2D eigenvalue weighted by Crippen LogP contribution is 2.22. The number of nitrogens with zero attached hydrogens (tertiary/aromatic N) is 2. The molecule has 0 spiro atoms. The zero-order valence-corrected chi connectivity index (χ0v) is 17.5. The minimum Gasteiger partial charge on any atom is -0.497 e. The van der Waals surface area contributed by atoms with Crippen molar-refractivity contribution in [3.05, 3.63) is 58.9 Å². The third-order valence-corrected chi connectivity index (χ3v) is 5.90. The van der Waals surface area contributed by atoms with Crippen molar-refractivity contribution in [1.82, 2.24) is 14.9 Å². The van der Waals surface area contributed by atoms with Crippen molar-refractivity contribution in [2.75, 3.05) is 26.0 Å². The molecular weight excluding hydrogens is 402 g/mol. The number of amides is 1. The van der Waals surface area contributed by atoms with Crippen molar-refractivity contribution in [2.45, 2.75) is 24.1 Å². The second-order valence-corrected chi connectivity index (χ2v) is 7.92. The maximum Gasteiger partial charge on any atom is 0.266 e. The average Bonchev–Trinajstić information content (AvgIpc) is 3.30. The normalized spacial score (nSPS) is 16.0. The molecule has 1 aliphatic heterocycles. The third-order valence-electron chi connectivity index (χ3n) is 4.96. The van der Waals surface area contributed by atoms with E-state index in [1.807, 2.05) is 12.1 Å². The van der Waals surface area contributed by atoms with Gasteiger partial charge >= 0.3 is 0 Å². The lowest BCUT2D eigenvalue weighted by Gasteiger charge is -2.14. The van der Waals surface area contributed by atoms with E-state index in [1.165, 1.54) is 11.8 Å². The Morgan fingerprint density at radius 1 is 1.27 bits per heavy atom. The van der Waals surface area contributed by atoms with Gasteiger partial charge in [0.25, 0.3) is 5.56 Å². The van der Waals surface area contributed by atoms with Crippen molar-refractivity contribution >= 4 is 28.6 Å². The summed E-state index contributed by atoms with van der Waals surface area (Å²) >= 11 is 1.24. The van der Waals surface area contributed by atoms with E-state index in [2.05, 4.69) is 10.3 Å². The van der Waals surface area contributed by atoms with Gasteiger partial charge in [-0.15, -0.1) is 0 Å². The lowest BCUT2D eigenvalue weighted by molar-refractivity contribution is -0.119. The number of carbonyl (C=O) groups is 1. The van der Waals surface area contributed by atoms with Gasteiger partial charge in [-0.2, -0.15) is 0 Å². The molecule has 156 valence electrons. The molecule has 30 heavy (non-hydrogen) atoms. The zero-order chi connectivity index (χ0) is 20.9. The van der Waals surface area contributed by atoms with Crippen molar-refractivity contribution in [1.29, 1.82) is 0 Å². The van der Waals surface area contributed by atoms with Crippen LogP contribution in [0.1, 0.15) is 12.8 Å². The van der Waals surface area contributed by atoms with Gasteiger partial charge in [-0.3, -0.25) is 14.2 Å². The number of nitrogens with one attached hydrogen (secondary N) is 1. The van der Waals surface area contributed by atoms with E-state index in [0.717, 1.165) is 19.4 Å². The van der Waals surface area contributed by atoms with Gasteiger partial charge in [-0.05, 0) is 49.2 Å². The summed E-state index contributed by atoms with van der Waals surface area (Å²) in [6.07, 6.45) is 2.09. The van der Waals surface area contributed by atoms with Gasteiger partial charge in [0, 0.05) is 13.2 Å². The number of rotatable bonds is 7. The van der Waals surface area contributed by atoms with Crippen molar-refractivity contribution in [3.8, 4) is 11.4 Å². The van der Waals surface area contributed by atoms with Crippen molar-refractivity contribution < 1.29 is 14.3 Å². The number of hydrogen-bond acceptors (Lipinski definition) is 6. The van der Waals surface area contributed by atoms with E-state index < -0.39 is 0 Å². The molecule has 0 radical (unpaired) electrons. The molecule has 0 bridgehead atoms. The smallest absolute Gasteiger partial charge is 0.266 e. The maximum atomic E-state index is 13.2. The first kappa shape index (κ1) is 20.4. The molecule has 8 heteroatoms. The number of fused-ring (bicyclic) bond motifs is 1. The highest BCUT2D eigenvalue weighted by molar-refractivity contribution is 7.99. The van der Waals surface area contributed by atoms with Crippen LogP contribution >= 0.6 is 11.8 Å². The summed E-state index contributed by atoms with van der Waals surface area (Å²) in [6, 6.07) is 14.4. The van der Waals surface area contributed by atoms with E-state index >= 15 is 0 Å². The van der Waals surface area contributed by atoms with Gasteiger partial charge < -0.3 is 14.8 Å². The molecule has 1 aromatic heterocycles. The third kappa shape index (κ3) is 4.49. The number of methoxy groups -OCH3 is 1. The van der Waals surface area contributed by atoms with Crippen molar-refractivity contribution in [2.24, 2.45) is 0 Å². The monoisotopic (exact) mass is 425 g/mol. The van der Waals surface area contributed by atoms with Crippen molar-refractivity contribution in [3.63, 3.8) is 0 Å². The standard InChI is InChI=1S/C22H23N3O4S/c1-28-16-10-8-15(9-11-16)25-21(27)18-6-2-3-7-19(18)24-22(25)30-14-20(26)23-13-17-5-4-12-29-17/h2-3,6-11,17H,4-5,12-14H2,1H3,(H,23,26)/t17-/m0/s1. The largest absolute Gasteiger partial charge is 0.497 e. The van der Waals surface area contributed by atoms with Crippen LogP contribution in [0.25, 0.3) is 16.6 Å². The lowest BCUT2D eigenvalue weighted by Crippen LogP contribution is -2.33. The molecule has 2 aromatic carbocycles. The molecule has 0 saturated carbocycles. The van der Waals surface area contributed by atoms with E-state index in [-0.39, 0.29) is 23.3 Å². The number of aromatic nitrogens is 2. The molecular formula is C22H23N3O4S. The Morgan fingerprint density at radius 2 is 2.07 bits per heavy atom. The second-order valence-electron chi connectivity index (χ2n) is 6.98. The van der Waals surface area contributed by atoms with Gasteiger partial charge in [-0.1, -0.05) is 23.9 Å². The molecule has 0 aliphatic carbocycles. The molecule has 3 aromatic rings. The fraction of sp³-hybridized carbons (Fsp3) is 0.318. The second kappa shape index (κ2) is 9.32. The Balaban J connectivity index is 1.60. The summed E-state index contributed by atoms with van der Waals surface area (Å²) in [5.74, 6) is 0.746. The first-order valence-corrected chi connectivity index (χ1v) is 10.8. The Morgan fingerprint density at radius 3 is 2.80 bits per heavy atom. The Hall–Kier alpha value is -2.84. The molecule has 1 aliphatic rings. The average molecular weight is 426 g/mol. The van der Waals surface area contributed by atoms with Gasteiger partial charge in [0.05, 0.1) is 35.6 Å². The van der Waals surface area contributed by atoms with Crippen LogP contribution in [-0.2, 0) is 9.53 Å². The van der Waals surface area contributed by atoms with E-state index in [9.17, 15) is 9.59 Å². The Bertz CT molecular complexity index is 1090. The number of ether oxygens (including phenoxy) is 2. The first-order chi connectivity index (χ1) is 14.7. The first-order valence-electron chi connectivity index (χ1n) is 9.83. The quantitative estimate of drug-likeness (QED) is 0.463. The Kier molecular flexibility index (Phi) is 6.35. The predicted molar refractivity (Wildman–Crippen MR) is 117 cm³/mol. The summed E-state index contributed by atoms with van der Waals surface area (Å²) in [5.41, 5.74) is 1.10. The predicted octanol–water partition coefficient (Wildman–Crippen LogP) is 2.78. The van der Waals surface area contributed by atoms with Crippen LogP contribution in [-0.4, -0.2) is 47.6 Å². The van der Waals surface area contributed by atoms with Crippen LogP contribution in [0.4, 0.5) is 0 Å². The fourth-order valence-electron chi connectivity index (χ4n) is 3.38. The number of hydrogen-bond donors (Lipinski definition) is 1. The van der Waals surface area contributed by atoms with Crippen LogP contribution in [0.2, 0.25) is 0 Å². The molecule has 4 rings (SSSR count). The molecule has 1 amide bonds. The zero-order valence-electron chi connectivity index (χ0n) is 16.7. The SMILES string of the molecule is COc1ccc(-n2c(SCC(=O)NC[C@@H]3CCCO3)nc3ccccc3c2=O)cc1. The number of carbonyl (C=O) groups excluding carboxylic acids is 1. The summed E-state index contributed by atoms with van der Waals surface area (Å²) < 4.78 is 12.3. The molecule has 0 unspecified atom stereocenters. The minimum absolute atomic E-state index is 0.0928. The van der Waals surface area contributed by atoms with Crippen LogP contribution in [0.15, 0.2) is 58.5 Å². The van der Waals surface area contributed by atoms with Gasteiger partial charge in [0.1, 0.15) is 5.75 Å². The number of para-hydroxylation sites is 1. The van der Waals surface area contributed by atoms with Crippen LogP contribution in [0.3, 0.4) is 0 Å². The summed E-state index contributed by atoms with van der Waals surface area (Å²) in [6.45, 7) is 1.26. The summed E-state index contributed by atoms with van der Waals surface area (Å²) in [7, 11) is 1.59. The summed E-state index contributed by atoms with van der Waals surface area (Å²) in [5, 5.41) is 3.90. The van der Waals surface area contributed by atoms with Crippen LogP contribution in [0.5, 0.6) is 5.75 Å². The van der Waals surface area contributed by atoms with E-state index in [1.54, 1.807) is 48.1 Å². The summed E-state index contributed by atoms with van der Waals surface area (Å²) in [4.78, 5) is 30.2. The molecule has 1 fully saturated rings. The van der Waals surface area contributed by atoms with Crippen LogP contribution < -0.4 is 15.6 Å². The highest BCUT2D eigenvalue weighted by Gasteiger charge is 2.18. The minimum atomic E-state index is -0.173. The number of benzene rings is 2. The highest BCUT2D eigenvalue weighted by atomic mass is 32.2. The van der Waals surface area contributed by atoms with Gasteiger partial charge in [0.15, 0.2) is 5.16 Å². The Labute approximate surface area is 178 Å². The fourth-order valence-corrected chi connectivity index (χ4v) is 4.22.